The lowest BCUT2D eigenvalue weighted by molar-refractivity contribution is 0.556. The molecule has 0 aliphatic carbocycles. The monoisotopic (exact) mass is 71.0 g/mol. The van der Waals surface area contributed by atoms with Crippen molar-refractivity contribution in [2.24, 2.45) is 0 Å². The van der Waals surface area contributed by atoms with E-state index in [9.17, 15) is 4.79 Å². The summed E-state index contributed by atoms with van der Waals surface area (Å²) < 4.78 is 0. The third-order valence-electron chi connectivity index (χ3n) is 0.228. The van der Waals surface area contributed by atoms with Gasteiger partial charge in [0, 0.05) is 6.42 Å². The maximum Gasteiger partial charge on any atom is 0.202 e. The first kappa shape index (κ1) is 4.41. The van der Waals surface area contributed by atoms with Gasteiger partial charge in [0.1, 0.15) is 0 Å². The molecule has 0 saturated heterocycles. The van der Waals surface area contributed by atoms with E-state index in [1.807, 2.05) is 0 Å². The molecule has 0 aromatic carbocycles. The number of hydrogen-bond acceptors (Lipinski definition) is 1. The van der Waals surface area contributed by atoms with Gasteiger partial charge in [-0.25, -0.2) is 0 Å². The van der Waals surface area contributed by atoms with E-state index >= 15 is 0 Å². The zero-order chi connectivity index (χ0) is 4.12. The normalized spacial score (nSPS) is 6.40. The van der Waals surface area contributed by atoms with Gasteiger partial charge in [0.05, 0.1) is 0 Å². The van der Waals surface area contributed by atoms with Gasteiger partial charge in [-0.15, -0.1) is 6.58 Å². The second-order valence-corrected chi connectivity index (χ2v) is 0.637. The molecule has 0 aliphatic rings. The van der Waals surface area contributed by atoms with Crippen molar-refractivity contribution < 1.29 is 4.79 Å². The Kier molecular flexibility index (Phi) is 3.01. The zero-order valence-electron chi connectivity index (χ0n) is 2.90. The molecule has 1 heteroatoms. The van der Waals surface area contributed by atoms with Crippen LogP contribution in [0.2, 0.25) is 0 Å². The second-order valence-electron chi connectivity index (χ2n) is 0.637. The molecule has 27 valence electrons. The molecule has 0 unspecified atom stereocenters. The molecule has 0 amide bonds. The molecule has 0 bridgehead atoms. The molecule has 0 atom stereocenters. The molecule has 0 heterocycles. The van der Waals surface area contributed by atoms with E-state index in [1.165, 1.54) is 6.08 Å². The van der Waals surface area contributed by atoms with Gasteiger partial charge in [-0.2, -0.15) is 0 Å². The maximum atomic E-state index is 9.21. The van der Waals surface area contributed by atoms with Crippen molar-refractivity contribution >= 4 is 6.29 Å². The van der Waals surface area contributed by atoms with Gasteiger partial charge in [-0.05, 0) is 0 Å². The highest BCUT2D eigenvalue weighted by atomic mass is 16.1. The van der Waals surface area contributed by atoms with Crippen LogP contribution in [0.4, 0.5) is 0 Å². The van der Waals surface area contributed by atoms with Gasteiger partial charge < -0.3 is 0 Å². The van der Waals surface area contributed by atoms with E-state index < -0.39 is 0 Å². The highest BCUT2D eigenvalue weighted by molar-refractivity contribution is 5.52. The number of rotatable bonds is 2. The second kappa shape index (κ2) is 3.41. The number of carbonyl (C=O) groups excluding carboxylic acids is 1. The van der Waals surface area contributed by atoms with Crippen LogP contribution in [0.25, 0.3) is 0 Å². The highest BCUT2D eigenvalue weighted by Gasteiger charge is 1.61. The van der Waals surface area contributed by atoms with Crippen molar-refractivity contribution in [1.29, 1.82) is 0 Å². The van der Waals surface area contributed by atoms with Crippen LogP contribution < -0.4 is 0 Å². The van der Waals surface area contributed by atoms with E-state index in [-0.39, 0.29) is 0 Å². The minimum atomic E-state index is 0.347. The molecule has 0 aliphatic heterocycles. The molecule has 0 N–H and O–H groups in total. The largest absolute Gasteiger partial charge is 0.291 e. The first-order valence-corrected chi connectivity index (χ1v) is 1.37. The van der Waals surface area contributed by atoms with Crippen LogP contribution in [0.5, 0.6) is 0 Å². The van der Waals surface area contributed by atoms with Crippen molar-refractivity contribution in [3.8, 4) is 0 Å². The first-order chi connectivity index (χ1) is 2.41. The summed E-state index contributed by atoms with van der Waals surface area (Å²) in [6.45, 7) is 3.29. The highest BCUT2D eigenvalue weighted by Crippen LogP contribution is 1.64. The van der Waals surface area contributed by atoms with Crippen molar-refractivity contribution in [2.45, 2.75) is 6.42 Å². The Morgan fingerprint density at radius 1 is 2.00 bits per heavy atom. The average molecular weight is 71.1 g/mol. The first-order valence-electron chi connectivity index (χ1n) is 1.37. The van der Waals surface area contributed by atoms with E-state index in [4.69, 9.17) is 0 Å². The summed E-state index contributed by atoms with van der Waals surface area (Å²) >= 11 is 0. The van der Waals surface area contributed by atoms with Crippen molar-refractivity contribution in [3.05, 3.63) is 12.7 Å². The number of hydrogen-bond donors (Lipinski definition) is 0. The molecule has 0 spiro atoms. The van der Waals surface area contributed by atoms with Crippen LogP contribution in [0.15, 0.2) is 12.7 Å². The topological polar surface area (TPSA) is 17.1 Å². The Morgan fingerprint density at radius 3 is 2.60 bits per heavy atom. The smallest absolute Gasteiger partial charge is 0.202 e. The van der Waals surface area contributed by atoms with Crippen LogP contribution in [-0.2, 0) is 4.79 Å². The lowest BCUT2D eigenvalue weighted by Gasteiger charge is -1.57. The minimum Gasteiger partial charge on any atom is -0.291 e. The van der Waals surface area contributed by atoms with Gasteiger partial charge in [0.25, 0.3) is 0 Å². The molecular weight excluding hydrogens is 66.0 g/mol. The predicted molar refractivity (Wildman–Crippen MR) is 20.5 cm³/mol. The summed E-state index contributed by atoms with van der Waals surface area (Å²) in [7, 11) is 0. The lowest BCUT2D eigenvalue weighted by Crippen LogP contribution is -1.58. The van der Waals surface area contributed by atoms with Crippen LogP contribution in [0.3, 0.4) is 0 Å². The molecule has 0 aromatic heterocycles. The molecule has 5 heavy (non-hydrogen) atoms. The molecule has 1 nitrogen and oxygen atoms in total. The molecule has 1 radical (unpaired) electrons. The Bertz CT molecular complexity index is 32.9. The maximum absolute atomic E-state index is 9.21. The molecule has 0 aromatic rings. The average Bonchev–Trinajstić information content (AvgIpc) is 1.41. The Labute approximate surface area is 31.3 Å². The van der Waals surface area contributed by atoms with Crippen LogP contribution in [-0.4, -0.2) is 6.29 Å². The Hall–Kier alpha value is -0.590. The fraction of sp³-hybridized carbons (Fsp3) is 0.250. The van der Waals surface area contributed by atoms with Crippen LogP contribution >= 0.6 is 0 Å². The summed E-state index contributed by atoms with van der Waals surface area (Å²) in [6, 6.07) is 0. The number of allylic oxidation sites excluding steroid dienone is 1. The predicted octanol–water partition coefficient (Wildman–Crippen LogP) is 0.672. The van der Waals surface area contributed by atoms with Crippen molar-refractivity contribution in [3.63, 3.8) is 0 Å². The quantitative estimate of drug-likeness (QED) is 0.437. The SMILES string of the molecule is C=C[14CH2][C]=O. The van der Waals surface area contributed by atoms with Gasteiger partial charge in [-0.1, -0.05) is 6.08 Å². The Balaban J connectivity index is 2.65. The summed E-state index contributed by atoms with van der Waals surface area (Å²) in [5.41, 5.74) is 0. The van der Waals surface area contributed by atoms with Gasteiger partial charge in [0.2, 0.25) is 6.29 Å². The van der Waals surface area contributed by atoms with E-state index in [2.05, 4.69) is 6.58 Å². The van der Waals surface area contributed by atoms with Crippen molar-refractivity contribution in [2.75, 3.05) is 0 Å². The van der Waals surface area contributed by atoms with Crippen LogP contribution in [0, 0.1) is 0 Å². The summed E-state index contributed by atoms with van der Waals surface area (Å²) in [5, 5.41) is 0. The Morgan fingerprint density at radius 2 is 2.60 bits per heavy atom. The molecule has 0 fully saturated rings. The van der Waals surface area contributed by atoms with Gasteiger partial charge in [-0.3, -0.25) is 4.79 Å². The lowest BCUT2D eigenvalue weighted by atomic mass is 11.0. The van der Waals surface area contributed by atoms with E-state index in [1.54, 1.807) is 6.29 Å². The molecular formula is C4H5O. The van der Waals surface area contributed by atoms with Gasteiger partial charge in [0.15, 0.2) is 0 Å². The summed E-state index contributed by atoms with van der Waals surface area (Å²) in [4.78, 5) is 9.21. The molecule has 0 saturated carbocycles. The fourth-order valence-corrected chi connectivity index (χ4v) is 0.0589. The van der Waals surface area contributed by atoms with E-state index in [0.29, 0.717) is 6.42 Å². The zero-order valence-corrected chi connectivity index (χ0v) is 2.90. The van der Waals surface area contributed by atoms with Crippen LogP contribution in [0.1, 0.15) is 6.42 Å². The third kappa shape index (κ3) is 3.41. The standard InChI is InChI=1S/C4H5O/c1-2-3-4-5/h2H,1,3H2/i3+2. The summed E-state index contributed by atoms with van der Waals surface area (Å²) in [5.74, 6) is 0. The molecule has 0 rings (SSSR count). The third-order valence-corrected chi connectivity index (χ3v) is 0.228. The summed E-state index contributed by atoms with van der Waals surface area (Å²) in [6.07, 6.45) is 3.50. The van der Waals surface area contributed by atoms with Crippen molar-refractivity contribution in [1.82, 2.24) is 0 Å². The van der Waals surface area contributed by atoms with E-state index in [0.717, 1.165) is 0 Å². The fourth-order valence-electron chi connectivity index (χ4n) is 0.0589. The minimum absolute atomic E-state index is 0.347. The van der Waals surface area contributed by atoms with Gasteiger partial charge >= 0.3 is 0 Å².